The topological polar surface area (TPSA) is 72.3 Å². The third kappa shape index (κ3) is 3.32. The van der Waals surface area contributed by atoms with Crippen LogP contribution in [0.5, 0.6) is 0 Å². The fraction of sp³-hybridized carbons (Fsp3) is 0.278. The van der Waals surface area contributed by atoms with Crippen LogP contribution in [0.4, 0.5) is 11.4 Å². The van der Waals surface area contributed by atoms with Gasteiger partial charge in [-0.15, -0.1) is 5.10 Å². The molecule has 7 nitrogen and oxygen atoms in total. The summed E-state index contributed by atoms with van der Waals surface area (Å²) in [4.78, 5) is 14.7. The SMILES string of the molecule is O=C(Cn1nnc2ccccc21)Nc1ccccc1N1CCOCC1. The quantitative estimate of drug-likeness (QED) is 0.787. The van der Waals surface area contributed by atoms with Gasteiger partial charge in [-0.25, -0.2) is 4.68 Å². The number of para-hydroxylation sites is 3. The van der Waals surface area contributed by atoms with Crippen molar-refractivity contribution in [3.63, 3.8) is 0 Å². The van der Waals surface area contributed by atoms with Crippen LogP contribution in [-0.2, 0) is 16.1 Å². The van der Waals surface area contributed by atoms with E-state index >= 15 is 0 Å². The lowest BCUT2D eigenvalue weighted by Crippen LogP contribution is -2.36. The van der Waals surface area contributed by atoms with Crippen molar-refractivity contribution in [2.45, 2.75) is 6.54 Å². The van der Waals surface area contributed by atoms with E-state index in [9.17, 15) is 4.79 Å². The minimum absolute atomic E-state index is 0.123. The van der Waals surface area contributed by atoms with Gasteiger partial charge in [-0.05, 0) is 24.3 Å². The maximum atomic E-state index is 12.5. The van der Waals surface area contributed by atoms with E-state index in [1.54, 1.807) is 4.68 Å². The zero-order chi connectivity index (χ0) is 17.1. The zero-order valence-corrected chi connectivity index (χ0v) is 13.8. The first kappa shape index (κ1) is 15.6. The number of morpholine rings is 1. The van der Waals surface area contributed by atoms with Gasteiger partial charge >= 0.3 is 0 Å². The van der Waals surface area contributed by atoms with Crippen molar-refractivity contribution < 1.29 is 9.53 Å². The molecular formula is C18H19N5O2. The van der Waals surface area contributed by atoms with Crippen LogP contribution in [0.25, 0.3) is 11.0 Å². The van der Waals surface area contributed by atoms with Crippen molar-refractivity contribution in [2.75, 3.05) is 36.5 Å². The molecule has 1 aliphatic heterocycles. The van der Waals surface area contributed by atoms with Crippen LogP contribution in [-0.4, -0.2) is 47.2 Å². The highest BCUT2D eigenvalue weighted by Crippen LogP contribution is 2.26. The number of nitrogens with one attached hydrogen (secondary N) is 1. The summed E-state index contributed by atoms with van der Waals surface area (Å²) in [6.07, 6.45) is 0. The Bertz CT molecular complexity index is 886. The lowest BCUT2D eigenvalue weighted by atomic mass is 10.2. The molecule has 0 aliphatic carbocycles. The number of carbonyl (C=O) groups excluding carboxylic acids is 1. The van der Waals surface area contributed by atoms with Crippen LogP contribution in [0.3, 0.4) is 0 Å². The Morgan fingerprint density at radius 1 is 1.08 bits per heavy atom. The fourth-order valence-corrected chi connectivity index (χ4v) is 3.02. The molecule has 128 valence electrons. The predicted molar refractivity (Wildman–Crippen MR) is 95.6 cm³/mol. The smallest absolute Gasteiger partial charge is 0.246 e. The highest BCUT2D eigenvalue weighted by molar-refractivity contribution is 5.94. The lowest BCUT2D eigenvalue weighted by molar-refractivity contribution is -0.116. The van der Waals surface area contributed by atoms with Crippen molar-refractivity contribution in [2.24, 2.45) is 0 Å². The van der Waals surface area contributed by atoms with Crippen LogP contribution in [0, 0.1) is 0 Å². The normalized spacial score (nSPS) is 14.6. The number of ether oxygens (including phenoxy) is 1. The summed E-state index contributed by atoms with van der Waals surface area (Å²) < 4.78 is 7.02. The highest BCUT2D eigenvalue weighted by atomic mass is 16.5. The van der Waals surface area contributed by atoms with Crippen LogP contribution in [0.2, 0.25) is 0 Å². The minimum atomic E-state index is -0.128. The molecule has 1 aliphatic rings. The Kier molecular flexibility index (Phi) is 4.30. The van der Waals surface area contributed by atoms with Crippen molar-refractivity contribution in [3.8, 4) is 0 Å². The van der Waals surface area contributed by atoms with E-state index in [-0.39, 0.29) is 12.5 Å². The molecule has 0 spiro atoms. The number of aromatic nitrogens is 3. The second-order valence-electron chi connectivity index (χ2n) is 5.90. The van der Waals surface area contributed by atoms with Crippen molar-refractivity contribution in [1.29, 1.82) is 0 Å². The van der Waals surface area contributed by atoms with E-state index in [1.165, 1.54) is 0 Å². The van der Waals surface area contributed by atoms with Gasteiger partial charge in [0.1, 0.15) is 12.1 Å². The molecule has 3 aromatic rings. The summed E-state index contributed by atoms with van der Waals surface area (Å²) in [6.45, 7) is 3.17. The highest BCUT2D eigenvalue weighted by Gasteiger charge is 2.16. The van der Waals surface area contributed by atoms with Crippen LogP contribution in [0.15, 0.2) is 48.5 Å². The van der Waals surface area contributed by atoms with Gasteiger partial charge in [0.25, 0.3) is 0 Å². The van der Waals surface area contributed by atoms with Crippen LogP contribution in [0.1, 0.15) is 0 Å². The molecule has 25 heavy (non-hydrogen) atoms. The third-order valence-corrected chi connectivity index (χ3v) is 4.24. The zero-order valence-electron chi connectivity index (χ0n) is 13.8. The van der Waals surface area contributed by atoms with E-state index in [1.807, 2.05) is 48.5 Å². The number of hydrogen-bond donors (Lipinski definition) is 1. The minimum Gasteiger partial charge on any atom is -0.378 e. The Morgan fingerprint density at radius 3 is 2.72 bits per heavy atom. The number of benzene rings is 2. The fourth-order valence-electron chi connectivity index (χ4n) is 3.02. The van der Waals surface area contributed by atoms with Crippen molar-refractivity contribution in [3.05, 3.63) is 48.5 Å². The number of amides is 1. The van der Waals surface area contributed by atoms with E-state index in [0.717, 1.165) is 35.5 Å². The van der Waals surface area contributed by atoms with Gasteiger partial charge in [-0.2, -0.15) is 0 Å². The maximum absolute atomic E-state index is 12.5. The molecule has 0 saturated carbocycles. The van der Waals surface area contributed by atoms with Crippen LogP contribution < -0.4 is 10.2 Å². The van der Waals surface area contributed by atoms with Gasteiger partial charge in [0.2, 0.25) is 5.91 Å². The van der Waals surface area contributed by atoms with Crippen LogP contribution >= 0.6 is 0 Å². The van der Waals surface area contributed by atoms with Gasteiger partial charge in [-0.1, -0.05) is 29.5 Å². The number of nitrogens with zero attached hydrogens (tertiary/aromatic N) is 4. The summed E-state index contributed by atoms with van der Waals surface area (Å²) in [6, 6.07) is 15.4. The summed E-state index contributed by atoms with van der Waals surface area (Å²) in [5.41, 5.74) is 3.45. The van der Waals surface area contributed by atoms with E-state index in [2.05, 4.69) is 20.5 Å². The summed E-state index contributed by atoms with van der Waals surface area (Å²) in [5.74, 6) is -0.128. The predicted octanol–water partition coefficient (Wildman–Crippen LogP) is 1.91. The van der Waals surface area contributed by atoms with Gasteiger partial charge in [-0.3, -0.25) is 4.79 Å². The van der Waals surface area contributed by atoms with Gasteiger partial charge in [0.05, 0.1) is 30.1 Å². The monoisotopic (exact) mass is 337 g/mol. The lowest BCUT2D eigenvalue weighted by Gasteiger charge is -2.30. The first-order valence-corrected chi connectivity index (χ1v) is 8.31. The maximum Gasteiger partial charge on any atom is 0.246 e. The first-order valence-electron chi connectivity index (χ1n) is 8.31. The van der Waals surface area contributed by atoms with Crippen molar-refractivity contribution in [1.82, 2.24) is 15.0 Å². The third-order valence-electron chi connectivity index (χ3n) is 4.24. The molecule has 1 aromatic heterocycles. The molecule has 0 radical (unpaired) electrons. The molecule has 7 heteroatoms. The average Bonchev–Trinajstić information content (AvgIpc) is 3.06. The Hall–Kier alpha value is -2.93. The first-order chi connectivity index (χ1) is 12.3. The Balaban J connectivity index is 1.51. The molecule has 1 amide bonds. The number of fused-ring (bicyclic) bond motifs is 1. The van der Waals surface area contributed by atoms with E-state index in [0.29, 0.717) is 13.2 Å². The van der Waals surface area contributed by atoms with E-state index < -0.39 is 0 Å². The van der Waals surface area contributed by atoms with Gasteiger partial charge in [0.15, 0.2) is 0 Å². The number of rotatable bonds is 4. The number of hydrogen-bond acceptors (Lipinski definition) is 5. The summed E-state index contributed by atoms with van der Waals surface area (Å²) in [5, 5.41) is 11.1. The van der Waals surface area contributed by atoms with E-state index in [4.69, 9.17) is 4.74 Å². The number of carbonyl (C=O) groups is 1. The van der Waals surface area contributed by atoms with Gasteiger partial charge < -0.3 is 15.0 Å². The second kappa shape index (κ2) is 6.90. The number of anilines is 2. The molecule has 1 saturated heterocycles. The molecule has 0 unspecified atom stereocenters. The molecular weight excluding hydrogens is 318 g/mol. The molecule has 1 fully saturated rings. The molecule has 1 N–H and O–H groups in total. The standard InChI is InChI=1S/C18H19N5O2/c24-18(13-23-17-8-4-2-6-15(17)20-21-23)19-14-5-1-3-7-16(14)22-9-11-25-12-10-22/h1-8H,9-13H2,(H,19,24). The largest absolute Gasteiger partial charge is 0.378 e. The van der Waals surface area contributed by atoms with Gasteiger partial charge in [0, 0.05) is 13.1 Å². The Morgan fingerprint density at radius 2 is 1.84 bits per heavy atom. The average molecular weight is 337 g/mol. The summed E-state index contributed by atoms with van der Waals surface area (Å²) in [7, 11) is 0. The van der Waals surface area contributed by atoms with Crippen molar-refractivity contribution >= 4 is 28.3 Å². The molecule has 2 heterocycles. The Labute approximate surface area is 145 Å². The molecule has 4 rings (SSSR count). The summed E-state index contributed by atoms with van der Waals surface area (Å²) >= 11 is 0. The molecule has 0 bridgehead atoms. The molecule has 0 atom stereocenters. The second-order valence-corrected chi connectivity index (χ2v) is 5.90. The molecule has 2 aromatic carbocycles.